The van der Waals surface area contributed by atoms with Gasteiger partial charge in [-0.15, -0.1) is 11.8 Å². The summed E-state index contributed by atoms with van der Waals surface area (Å²) in [5, 5.41) is 11.3. The van der Waals surface area contributed by atoms with Gasteiger partial charge in [0.2, 0.25) is 5.91 Å². The molecule has 2 aliphatic rings. The van der Waals surface area contributed by atoms with Crippen molar-refractivity contribution in [3.8, 4) is 11.1 Å². The first kappa shape index (κ1) is 23.5. The van der Waals surface area contributed by atoms with Gasteiger partial charge in [0, 0.05) is 37.1 Å². The normalized spacial score (nSPS) is 17.2. The maximum Gasteiger partial charge on any atom is 0.407 e. The molecule has 1 atom stereocenters. The molecule has 1 saturated heterocycles. The number of fused-ring (bicyclic) bond motifs is 3. The van der Waals surface area contributed by atoms with Gasteiger partial charge in [-0.3, -0.25) is 9.59 Å². The molecule has 0 aromatic heterocycles. The molecule has 9 heteroatoms. The Morgan fingerprint density at radius 3 is 2.42 bits per heavy atom. The topological polar surface area (TPSA) is 95.9 Å². The van der Waals surface area contributed by atoms with Gasteiger partial charge in [-0.25, -0.2) is 4.79 Å². The van der Waals surface area contributed by atoms with Gasteiger partial charge >= 0.3 is 12.1 Å². The van der Waals surface area contributed by atoms with Crippen molar-refractivity contribution >= 4 is 41.5 Å². The van der Waals surface area contributed by atoms with Crippen LogP contribution in [0.3, 0.4) is 0 Å². The van der Waals surface area contributed by atoms with E-state index >= 15 is 0 Å². The molecule has 2 aromatic rings. The summed E-state index contributed by atoms with van der Waals surface area (Å²) in [5.41, 5.74) is 4.71. The summed E-state index contributed by atoms with van der Waals surface area (Å²) in [7, 11) is 0. The molecule has 33 heavy (non-hydrogen) atoms. The number of carboxylic acid groups (broad SMARTS) is 1. The predicted molar refractivity (Wildman–Crippen MR) is 131 cm³/mol. The summed E-state index contributed by atoms with van der Waals surface area (Å²) in [4.78, 5) is 37.2. The summed E-state index contributed by atoms with van der Waals surface area (Å²) in [5.74, 6) is 0.554. The van der Waals surface area contributed by atoms with Crippen LogP contribution in [-0.4, -0.2) is 76.7 Å². The summed E-state index contributed by atoms with van der Waals surface area (Å²) in [6, 6.07) is 16.4. The van der Waals surface area contributed by atoms with Crippen molar-refractivity contribution in [2.75, 3.05) is 43.5 Å². The van der Waals surface area contributed by atoms with Crippen LogP contribution in [0, 0.1) is 0 Å². The molecule has 1 aliphatic carbocycles. The van der Waals surface area contributed by atoms with Crippen LogP contribution in [0.15, 0.2) is 48.5 Å². The van der Waals surface area contributed by atoms with E-state index in [0.717, 1.165) is 0 Å². The Labute approximate surface area is 201 Å². The van der Waals surface area contributed by atoms with Crippen molar-refractivity contribution in [1.29, 1.82) is 0 Å². The van der Waals surface area contributed by atoms with Crippen molar-refractivity contribution in [3.63, 3.8) is 0 Å². The monoisotopic (exact) mass is 486 g/mol. The van der Waals surface area contributed by atoms with Crippen LogP contribution < -0.4 is 5.32 Å². The maximum absolute atomic E-state index is 12.3. The molecular formula is C24H26N2O5S2. The number of amides is 2. The molecule has 0 radical (unpaired) electrons. The van der Waals surface area contributed by atoms with Gasteiger partial charge in [0.05, 0.1) is 5.75 Å². The van der Waals surface area contributed by atoms with Crippen molar-refractivity contribution in [2.45, 2.75) is 11.2 Å². The molecule has 0 bridgehead atoms. The number of rotatable bonds is 8. The van der Waals surface area contributed by atoms with Crippen molar-refractivity contribution in [1.82, 2.24) is 10.2 Å². The lowest BCUT2D eigenvalue weighted by Crippen LogP contribution is -2.45. The third-order valence-electron chi connectivity index (χ3n) is 5.78. The second kappa shape index (κ2) is 11.0. The molecule has 0 saturated carbocycles. The van der Waals surface area contributed by atoms with Crippen LogP contribution in [0.25, 0.3) is 11.1 Å². The van der Waals surface area contributed by atoms with Gasteiger partial charge in [0.15, 0.2) is 0 Å². The molecule has 2 N–H and O–H groups in total. The third kappa shape index (κ3) is 5.65. The number of hydrogen-bond donors (Lipinski definition) is 2. The van der Waals surface area contributed by atoms with Gasteiger partial charge in [-0.1, -0.05) is 48.5 Å². The molecular weight excluding hydrogens is 460 g/mol. The highest BCUT2D eigenvalue weighted by Crippen LogP contribution is 2.44. The van der Waals surface area contributed by atoms with E-state index in [9.17, 15) is 14.4 Å². The molecule has 2 amide bonds. The quantitative estimate of drug-likeness (QED) is 0.553. The fourth-order valence-corrected chi connectivity index (χ4v) is 5.94. The van der Waals surface area contributed by atoms with Crippen LogP contribution >= 0.6 is 23.5 Å². The van der Waals surface area contributed by atoms with E-state index in [1.807, 2.05) is 24.3 Å². The number of ether oxygens (including phenoxy) is 1. The van der Waals surface area contributed by atoms with Gasteiger partial charge < -0.3 is 20.1 Å². The van der Waals surface area contributed by atoms with E-state index in [2.05, 4.69) is 29.6 Å². The highest BCUT2D eigenvalue weighted by molar-refractivity contribution is 8.00. The van der Waals surface area contributed by atoms with Crippen molar-refractivity contribution < 1.29 is 24.2 Å². The lowest BCUT2D eigenvalue weighted by atomic mass is 9.98. The highest BCUT2D eigenvalue weighted by Gasteiger charge is 2.29. The Hall–Kier alpha value is -2.65. The van der Waals surface area contributed by atoms with Gasteiger partial charge in [-0.05, 0) is 22.3 Å². The van der Waals surface area contributed by atoms with Gasteiger partial charge in [-0.2, -0.15) is 11.8 Å². The predicted octanol–water partition coefficient (Wildman–Crippen LogP) is 3.29. The first-order chi connectivity index (χ1) is 16.0. The number of hydrogen-bond acceptors (Lipinski definition) is 6. The van der Waals surface area contributed by atoms with E-state index in [4.69, 9.17) is 9.84 Å². The zero-order chi connectivity index (χ0) is 23.2. The molecule has 0 spiro atoms. The molecule has 174 valence electrons. The fourth-order valence-electron chi connectivity index (χ4n) is 4.15. The standard InChI is InChI=1S/C24H26N2O5S2/c27-22(26-10-12-33-21(13-26)23(28)29)15-32-11-9-25-24(30)31-14-20-18-7-3-1-5-16(18)17-6-2-4-8-19(17)20/h1-8,20-21H,9-15H2,(H,25,30)(H,28,29). The van der Waals surface area contributed by atoms with Crippen molar-refractivity contribution in [2.24, 2.45) is 0 Å². The number of carboxylic acids is 1. The Morgan fingerprint density at radius 2 is 1.76 bits per heavy atom. The molecule has 1 fully saturated rings. The van der Waals surface area contributed by atoms with E-state index < -0.39 is 17.3 Å². The Morgan fingerprint density at radius 1 is 1.09 bits per heavy atom. The average molecular weight is 487 g/mol. The molecule has 2 aromatic carbocycles. The minimum absolute atomic E-state index is 0.0208. The first-order valence-corrected chi connectivity index (χ1v) is 13.0. The molecule has 4 rings (SSSR count). The SMILES string of the molecule is O=C(NCCSCC(=O)N1CCSC(C(=O)O)C1)OCC1c2ccccc2-c2ccccc21. The zero-order valence-electron chi connectivity index (χ0n) is 18.1. The van der Waals surface area contributed by atoms with Crippen LogP contribution in [0.1, 0.15) is 17.0 Å². The minimum Gasteiger partial charge on any atom is -0.480 e. The van der Waals surface area contributed by atoms with E-state index in [1.54, 1.807) is 4.90 Å². The summed E-state index contributed by atoms with van der Waals surface area (Å²) in [6.07, 6.45) is -0.471. The van der Waals surface area contributed by atoms with Crippen LogP contribution in [0.2, 0.25) is 0 Å². The first-order valence-electron chi connectivity index (χ1n) is 10.8. The largest absolute Gasteiger partial charge is 0.480 e. The lowest BCUT2D eigenvalue weighted by Gasteiger charge is -2.30. The van der Waals surface area contributed by atoms with E-state index in [0.29, 0.717) is 24.6 Å². The van der Waals surface area contributed by atoms with E-state index in [-0.39, 0.29) is 30.7 Å². The number of carbonyl (C=O) groups is 3. The number of aliphatic carboxylic acids is 1. The number of nitrogens with zero attached hydrogens (tertiary/aromatic N) is 1. The Bertz CT molecular complexity index is 986. The second-order valence-corrected chi connectivity index (χ2v) is 10.3. The van der Waals surface area contributed by atoms with Crippen LogP contribution in [0.5, 0.6) is 0 Å². The highest BCUT2D eigenvalue weighted by atomic mass is 32.2. The number of carbonyl (C=O) groups excluding carboxylic acids is 2. The van der Waals surface area contributed by atoms with Crippen LogP contribution in [0.4, 0.5) is 4.79 Å². The lowest BCUT2D eigenvalue weighted by molar-refractivity contribution is -0.137. The number of benzene rings is 2. The Kier molecular flexibility index (Phi) is 7.82. The molecule has 1 heterocycles. The summed E-state index contributed by atoms with van der Waals surface area (Å²) < 4.78 is 5.50. The zero-order valence-corrected chi connectivity index (χ0v) is 19.7. The maximum atomic E-state index is 12.3. The van der Waals surface area contributed by atoms with Crippen molar-refractivity contribution in [3.05, 3.63) is 59.7 Å². The van der Waals surface area contributed by atoms with Gasteiger partial charge in [0.25, 0.3) is 0 Å². The average Bonchev–Trinajstić information content (AvgIpc) is 3.16. The number of thioether (sulfide) groups is 2. The third-order valence-corrected chi connectivity index (χ3v) is 7.89. The smallest absolute Gasteiger partial charge is 0.407 e. The molecule has 1 unspecified atom stereocenters. The summed E-state index contributed by atoms with van der Waals surface area (Å²) in [6.45, 7) is 1.48. The van der Waals surface area contributed by atoms with Crippen LogP contribution in [-0.2, 0) is 14.3 Å². The summed E-state index contributed by atoms with van der Waals surface area (Å²) >= 11 is 2.79. The molecule has 7 nitrogen and oxygen atoms in total. The van der Waals surface area contributed by atoms with Gasteiger partial charge in [0.1, 0.15) is 11.9 Å². The Balaban J connectivity index is 1.17. The van der Waals surface area contributed by atoms with E-state index in [1.165, 1.54) is 45.8 Å². The number of nitrogens with one attached hydrogen (secondary N) is 1. The second-order valence-electron chi connectivity index (χ2n) is 7.84. The fraction of sp³-hybridized carbons (Fsp3) is 0.375. The minimum atomic E-state index is -0.877. The number of alkyl carbamates (subject to hydrolysis) is 1. The molecule has 1 aliphatic heterocycles.